The molecule has 0 rings (SSSR count). The Hall–Kier alpha value is -0.530. The molecule has 0 bridgehead atoms. The number of unbranched alkanes of at least 4 members (excludes halogenated alkanes) is 24. The summed E-state index contributed by atoms with van der Waals surface area (Å²) in [6.07, 6.45) is 44.4. The third-order valence-electron chi connectivity index (χ3n) is 12.0. The van der Waals surface area contributed by atoms with Crippen LogP contribution in [-0.4, -0.2) is 11.1 Å². The molecule has 0 fully saturated rings. The summed E-state index contributed by atoms with van der Waals surface area (Å²) in [6.45, 7) is 15.1. The number of carboxylic acids is 1. The highest BCUT2D eigenvalue weighted by atomic mass is 16.4. The zero-order valence-electron chi connectivity index (χ0n) is 32.9. The molecule has 0 saturated carbocycles. The van der Waals surface area contributed by atoms with Gasteiger partial charge in [-0.25, -0.2) is 0 Å². The number of hydrogen-bond donors (Lipinski definition) is 1. The van der Waals surface area contributed by atoms with Crippen LogP contribution in [0.15, 0.2) is 0 Å². The Morgan fingerprint density at radius 1 is 0.413 bits per heavy atom. The molecule has 0 amide bonds. The zero-order valence-corrected chi connectivity index (χ0v) is 32.9. The summed E-state index contributed by atoms with van der Waals surface area (Å²) in [7, 11) is 0. The highest BCUT2D eigenvalue weighted by Gasteiger charge is 2.43. The molecular formula is C44H88O2. The maximum Gasteiger partial charge on any atom is 0.303 e. The number of rotatable bonds is 37. The zero-order chi connectivity index (χ0) is 34.1. The van der Waals surface area contributed by atoms with Gasteiger partial charge in [0.05, 0.1) is 0 Å². The van der Waals surface area contributed by atoms with Crippen LogP contribution in [0.25, 0.3) is 0 Å². The van der Waals surface area contributed by atoms with Crippen molar-refractivity contribution in [2.75, 3.05) is 0 Å². The first kappa shape index (κ1) is 45.5. The largest absolute Gasteiger partial charge is 0.481 e. The van der Waals surface area contributed by atoms with Crippen LogP contribution in [0, 0.1) is 23.2 Å². The predicted octanol–water partition coefficient (Wildman–Crippen LogP) is 15.9. The lowest BCUT2D eigenvalue weighted by Crippen LogP contribution is -2.42. The van der Waals surface area contributed by atoms with Crippen molar-refractivity contribution < 1.29 is 9.90 Å². The van der Waals surface area contributed by atoms with Gasteiger partial charge in [-0.1, -0.05) is 234 Å². The lowest BCUT2D eigenvalue weighted by Gasteiger charge is -2.50. The Morgan fingerprint density at radius 3 is 0.978 bits per heavy atom. The fraction of sp³-hybridized carbons (Fsp3) is 0.977. The molecule has 0 aromatic rings. The second kappa shape index (κ2) is 33.0. The highest BCUT2D eigenvalue weighted by Crippen LogP contribution is 2.52. The Morgan fingerprint density at radius 2 is 0.674 bits per heavy atom. The van der Waals surface area contributed by atoms with E-state index in [1.165, 1.54) is 193 Å². The highest BCUT2D eigenvalue weighted by molar-refractivity contribution is 5.66. The molecule has 1 N–H and O–H groups in total. The van der Waals surface area contributed by atoms with E-state index in [1.807, 2.05) is 0 Å². The van der Waals surface area contributed by atoms with Crippen LogP contribution in [0.4, 0.5) is 0 Å². The van der Waals surface area contributed by atoms with Gasteiger partial charge in [0, 0.05) is 6.42 Å². The van der Waals surface area contributed by atoms with Gasteiger partial charge in [0.15, 0.2) is 0 Å². The van der Waals surface area contributed by atoms with Gasteiger partial charge in [0.2, 0.25) is 0 Å². The SMILES string of the molecule is CCCCCCCCC(C)C(CCCCCCCCCCCCC(=O)O)(C(C)CCCCCCCC)C(C)CCCCCCCC. The summed E-state index contributed by atoms with van der Waals surface area (Å²) >= 11 is 0. The number of carbonyl (C=O) groups is 1. The number of aliphatic carboxylic acids is 1. The van der Waals surface area contributed by atoms with Crippen molar-refractivity contribution in [2.24, 2.45) is 23.2 Å². The van der Waals surface area contributed by atoms with E-state index in [-0.39, 0.29) is 0 Å². The standard InChI is InChI=1S/C44H88O2/c1-7-10-13-16-25-30-35-40(4)44(41(5)36-31-26-17-14-11-8-2,42(6)37-32-27-18-15-12-9-3)39-34-29-24-22-20-19-21-23-28-33-38-43(45)46/h40-42H,7-39H2,1-6H3,(H,45,46). The second-order valence-electron chi connectivity index (χ2n) is 15.9. The van der Waals surface area contributed by atoms with Gasteiger partial charge < -0.3 is 5.11 Å². The van der Waals surface area contributed by atoms with Crippen LogP contribution in [0.1, 0.15) is 253 Å². The van der Waals surface area contributed by atoms with Gasteiger partial charge >= 0.3 is 5.97 Å². The molecule has 3 unspecified atom stereocenters. The lowest BCUT2D eigenvalue weighted by molar-refractivity contribution is -0.137. The summed E-state index contributed by atoms with van der Waals surface area (Å²) in [4.78, 5) is 10.7. The Labute approximate surface area is 291 Å². The van der Waals surface area contributed by atoms with Crippen LogP contribution in [0.5, 0.6) is 0 Å². The molecule has 0 saturated heterocycles. The summed E-state index contributed by atoms with van der Waals surface area (Å²) in [5.74, 6) is 1.87. The first-order valence-corrected chi connectivity index (χ1v) is 21.6. The predicted molar refractivity (Wildman–Crippen MR) is 207 cm³/mol. The summed E-state index contributed by atoms with van der Waals surface area (Å²) in [5.41, 5.74) is 0.506. The first-order valence-electron chi connectivity index (χ1n) is 21.6. The fourth-order valence-corrected chi connectivity index (χ4v) is 8.82. The van der Waals surface area contributed by atoms with Crippen molar-refractivity contribution in [3.8, 4) is 0 Å². The molecule has 0 aromatic heterocycles. The molecule has 46 heavy (non-hydrogen) atoms. The molecule has 3 atom stereocenters. The topological polar surface area (TPSA) is 37.3 Å². The summed E-state index contributed by atoms with van der Waals surface area (Å²) < 4.78 is 0. The molecular weight excluding hydrogens is 560 g/mol. The van der Waals surface area contributed by atoms with Gasteiger partial charge in [-0.3, -0.25) is 4.79 Å². The van der Waals surface area contributed by atoms with Crippen molar-refractivity contribution in [2.45, 2.75) is 253 Å². The molecule has 0 aliphatic carbocycles. The average Bonchev–Trinajstić information content (AvgIpc) is 3.04. The summed E-state index contributed by atoms with van der Waals surface area (Å²) in [6, 6.07) is 0. The molecule has 2 heteroatoms. The molecule has 0 aliphatic rings. The number of hydrogen-bond acceptors (Lipinski definition) is 1. The lowest BCUT2D eigenvalue weighted by atomic mass is 9.55. The van der Waals surface area contributed by atoms with Gasteiger partial charge in [-0.05, 0) is 36.0 Å². The van der Waals surface area contributed by atoms with Crippen LogP contribution in [0.3, 0.4) is 0 Å². The van der Waals surface area contributed by atoms with Crippen molar-refractivity contribution in [1.82, 2.24) is 0 Å². The normalized spacial score (nSPS) is 15.1. The van der Waals surface area contributed by atoms with Gasteiger partial charge in [0.1, 0.15) is 0 Å². The van der Waals surface area contributed by atoms with Crippen molar-refractivity contribution in [3.63, 3.8) is 0 Å². The maximum absolute atomic E-state index is 10.7. The van der Waals surface area contributed by atoms with Gasteiger partial charge in [-0.15, -0.1) is 0 Å². The smallest absolute Gasteiger partial charge is 0.303 e. The van der Waals surface area contributed by atoms with E-state index in [0.29, 0.717) is 11.8 Å². The van der Waals surface area contributed by atoms with E-state index in [2.05, 4.69) is 41.5 Å². The third-order valence-corrected chi connectivity index (χ3v) is 12.0. The Kier molecular flexibility index (Phi) is 32.6. The molecule has 0 spiro atoms. The molecule has 276 valence electrons. The molecule has 0 radical (unpaired) electrons. The van der Waals surface area contributed by atoms with Gasteiger partial charge in [-0.2, -0.15) is 0 Å². The minimum Gasteiger partial charge on any atom is -0.481 e. The van der Waals surface area contributed by atoms with E-state index in [4.69, 9.17) is 5.11 Å². The average molecular weight is 649 g/mol. The van der Waals surface area contributed by atoms with E-state index < -0.39 is 5.97 Å². The van der Waals surface area contributed by atoms with Crippen LogP contribution in [0.2, 0.25) is 0 Å². The Bertz CT molecular complexity index is 572. The Balaban J connectivity index is 5.25. The minimum atomic E-state index is -0.644. The van der Waals surface area contributed by atoms with Crippen LogP contribution < -0.4 is 0 Å². The molecule has 0 heterocycles. The number of carboxylic acid groups (broad SMARTS) is 1. The van der Waals surface area contributed by atoms with E-state index in [0.717, 1.165) is 30.6 Å². The van der Waals surface area contributed by atoms with E-state index in [1.54, 1.807) is 0 Å². The third kappa shape index (κ3) is 23.7. The monoisotopic (exact) mass is 649 g/mol. The molecule has 0 aliphatic heterocycles. The summed E-state index contributed by atoms with van der Waals surface area (Å²) in [5, 5.41) is 8.82. The second-order valence-corrected chi connectivity index (χ2v) is 15.9. The van der Waals surface area contributed by atoms with E-state index >= 15 is 0 Å². The first-order chi connectivity index (χ1) is 22.4. The fourth-order valence-electron chi connectivity index (χ4n) is 8.82. The quantitative estimate of drug-likeness (QED) is 0.0681. The van der Waals surface area contributed by atoms with Gasteiger partial charge in [0.25, 0.3) is 0 Å². The molecule has 0 aromatic carbocycles. The van der Waals surface area contributed by atoms with E-state index in [9.17, 15) is 4.79 Å². The van der Waals surface area contributed by atoms with Crippen LogP contribution in [-0.2, 0) is 4.79 Å². The minimum absolute atomic E-state index is 0.341. The molecule has 2 nitrogen and oxygen atoms in total. The van der Waals surface area contributed by atoms with Crippen molar-refractivity contribution >= 4 is 5.97 Å². The van der Waals surface area contributed by atoms with Crippen molar-refractivity contribution in [1.29, 1.82) is 0 Å². The maximum atomic E-state index is 10.7. The van der Waals surface area contributed by atoms with Crippen molar-refractivity contribution in [3.05, 3.63) is 0 Å². The van der Waals surface area contributed by atoms with Crippen LogP contribution >= 0.6 is 0 Å².